The Balaban J connectivity index is 1.99. The minimum absolute atomic E-state index is 0.270. The van der Waals surface area contributed by atoms with E-state index in [1.54, 1.807) is 18.3 Å². The van der Waals surface area contributed by atoms with Gasteiger partial charge in [0.1, 0.15) is 0 Å². The molecule has 1 aromatic heterocycles. The van der Waals surface area contributed by atoms with Crippen molar-refractivity contribution in [3.63, 3.8) is 0 Å². The summed E-state index contributed by atoms with van der Waals surface area (Å²) in [6.07, 6.45) is 5.65. The van der Waals surface area contributed by atoms with Crippen LogP contribution in [0.3, 0.4) is 0 Å². The van der Waals surface area contributed by atoms with Gasteiger partial charge in [-0.25, -0.2) is 0 Å². The number of carbonyl (C=O) groups is 1. The molecule has 1 aromatic carbocycles. The van der Waals surface area contributed by atoms with E-state index < -0.39 is 5.97 Å². The fraction of sp³-hybridized carbons (Fsp3) is 0.267. The minimum atomic E-state index is -0.718. The predicted molar refractivity (Wildman–Crippen MR) is 76.9 cm³/mol. The first kappa shape index (κ1) is 12.8. The monoisotopic (exact) mass is 260 g/mol. The molecule has 1 N–H and O–H groups in total. The quantitative estimate of drug-likeness (QED) is 0.864. The van der Waals surface area contributed by atoms with Gasteiger partial charge in [-0.05, 0) is 35.2 Å². The Hall–Kier alpha value is -1.61. The highest BCUT2D eigenvalue weighted by Gasteiger charge is 2.08. The molecular formula is C15H16O2S. The number of hydrogen-bond donors (Lipinski definition) is 1. The van der Waals surface area contributed by atoms with Gasteiger partial charge in [0.25, 0.3) is 0 Å². The molecule has 1 heterocycles. The second kappa shape index (κ2) is 5.83. The van der Waals surface area contributed by atoms with Gasteiger partial charge in [-0.3, -0.25) is 4.79 Å². The SMILES string of the molecule is CC(CC/C=C/c1csc2ccccc12)C(=O)O. The van der Waals surface area contributed by atoms with E-state index in [-0.39, 0.29) is 5.92 Å². The van der Waals surface area contributed by atoms with Crippen LogP contribution >= 0.6 is 11.3 Å². The normalized spacial score (nSPS) is 13.2. The summed E-state index contributed by atoms with van der Waals surface area (Å²) in [5.41, 5.74) is 1.22. The van der Waals surface area contributed by atoms with E-state index >= 15 is 0 Å². The van der Waals surface area contributed by atoms with Crippen molar-refractivity contribution in [3.8, 4) is 0 Å². The summed E-state index contributed by atoms with van der Waals surface area (Å²) in [6, 6.07) is 8.31. The molecule has 0 saturated carbocycles. The Morgan fingerprint density at radius 2 is 2.22 bits per heavy atom. The Morgan fingerprint density at radius 1 is 1.44 bits per heavy atom. The number of carboxylic acid groups (broad SMARTS) is 1. The number of fused-ring (bicyclic) bond motifs is 1. The molecule has 1 atom stereocenters. The lowest BCUT2D eigenvalue weighted by molar-refractivity contribution is -0.141. The fourth-order valence-corrected chi connectivity index (χ4v) is 2.74. The van der Waals surface area contributed by atoms with Crippen molar-refractivity contribution in [1.29, 1.82) is 0 Å². The van der Waals surface area contributed by atoms with Crippen LogP contribution in [0.1, 0.15) is 25.3 Å². The first-order valence-electron chi connectivity index (χ1n) is 6.04. The van der Waals surface area contributed by atoms with Gasteiger partial charge in [0.15, 0.2) is 0 Å². The van der Waals surface area contributed by atoms with E-state index in [1.165, 1.54) is 15.6 Å². The molecule has 0 bridgehead atoms. The van der Waals surface area contributed by atoms with Crippen molar-refractivity contribution in [2.45, 2.75) is 19.8 Å². The van der Waals surface area contributed by atoms with E-state index in [0.29, 0.717) is 6.42 Å². The molecule has 2 nitrogen and oxygen atoms in total. The van der Waals surface area contributed by atoms with Crippen molar-refractivity contribution in [3.05, 3.63) is 41.3 Å². The topological polar surface area (TPSA) is 37.3 Å². The molecule has 0 amide bonds. The summed E-state index contributed by atoms with van der Waals surface area (Å²) in [6.45, 7) is 1.75. The summed E-state index contributed by atoms with van der Waals surface area (Å²) < 4.78 is 1.29. The third-order valence-electron chi connectivity index (χ3n) is 3.00. The van der Waals surface area contributed by atoms with E-state index in [4.69, 9.17) is 5.11 Å². The standard InChI is InChI=1S/C15H16O2S/c1-11(15(16)17)6-2-3-7-12-10-18-14-9-5-4-8-13(12)14/h3-5,7-11H,2,6H2,1H3,(H,16,17)/b7-3+. The zero-order chi connectivity index (χ0) is 13.0. The van der Waals surface area contributed by atoms with Crippen molar-refractivity contribution in [2.75, 3.05) is 0 Å². The highest BCUT2D eigenvalue weighted by molar-refractivity contribution is 7.17. The average molecular weight is 260 g/mol. The number of rotatable bonds is 5. The highest BCUT2D eigenvalue weighted by Crippen LogP contribution is 2.26. The smallest absolute Gasteiger partial charge is 0.306 e. The summed E-state index contributed by atoms with van der Waals surface area (Å²) in [5, 5.41) is 12.2. The Bertz CT molecular complexity index is 569. The van der Waals surface area contributed by atoms with Crippen molar-refractivity contribution in [2.24, 2.45) is 5.92 Å². The third kappa shape index (κ3) is 2.99. The van der Waals surface area contributed by atoms with Gasteiger partial charge >= 0.3 is 5.97 Å². The van der Waals surface area contributed by atoms with Crippen LogP contribution in [0.5, 0.6) is 0 Å². The number of carboxylic acids is 1. The number of hydrogen-bond acceptors (Lipinski definition) is 2. The molecule has 0 radical (unpaired) electrons. The number of benzene rings is 1. The summed E-state index contributed by atoms with van der Waals surface area (Å²) in [7, 11) is 0. The zero-order valence-corrected chi connectivity index (χ0v) is 11.1. The molecule has 1 unspecified atom stereocenters. The van der Waals surface area contributed by atoms with Crippen LogP contribution in [-0.4, -0.2) is 11.1 Å². The molecule has 0 aliphatic rings. The molecular weight excluding hydrogens is 244 g/mol. The van der Waals surface area contributed by atoms with Gasteiger partial charge in [0.05, 0.1) is 5.92 Å². The first-order chi connectivity index (χ1) is 8.68. The third-order valence-corrected chi connectivity index (χ3v) is 3.98. The van der Waals surface area contributed by atoms with Gasteiger partial charge < -0.3 is 5.11 Å². The largest absolute Gasteiger partial charge is 0.481 e. The van der Waals surface area contributed by atoms with Gasteiger partial charge in [-0.15, -0.1) is 11.3 Å². The van der Waals surface area contributed by atoms with Crippen molar-refractivity contribution < 1.29 is 9.90 Å². The molecule has 0 fully saturated rings. The van der Waals surface area contributed by atoms with Gasteiger partial charge in [0, 0.05) is 4.70 Å². The molecule has 0 spiro atoms. The van der Waals surface area contributed by atoms with Crippen molar-refractivity contribution in [1.82, 2.24) is 0 Å². The number of thiophene rings is 1. The Labute approximate surface area is 111 Å². The second-order valence-corrected chi connectivity index (χ2v) is 5.32. The second-order valence-electron chi connectivity index (χ2n) is 4.41. The molecule has 2 rings (SSSR count). The molecule has 3 heteroatoms. The average Bonchev–Trinajstić information content (AvgIpc) is 2.77. The van der Waals surface area contributed by atoms with E-state index in [9.17, 15) is 4.79 Å². The highest BCUT2D eigenvalue weighted by atomic mass is 32.1. The lowest BCUT2D eigenvalue weighted by Crippen LogP contribution is -2.08. The van der Waals surface area contributed by atoms with Gasteiger partial charge in [-0.2, -0.15) is 0 Å². The van der Waals surface area contributed by atoms with Crippen LogP contribution in [0.15, 0.2) is 35.7 Å². The molecule has 94 valence electrons. The maximum atomic E-state index is 10.7. The fourth-order valence-electron chi connectivity index (χ4n) is 1.81. The minimum Gasteiger partial charge on any atom is -0.481 e. The molecule has 2 aromatic rings. The van der Waals surface area contributed by atoms with Gasteiger partial charge in [-0.1, -0.05) is 37.3 Å². The summed E-state index contributed by atoms with van der Waals surface area (Å²) in [4.78, 5) is 10.7. The number of allylic oxidation sites excluding steroid dienone is 1. The van der Waals surface area contributed by atoms with Crippen LogP contribution in [0.4, 0.5) is 0 Å². The van der Waals surface area contributed by atoms with Crippen LogP contribution in [0, 0.1) is 5.92 Å². The van der Waals surface area contributed by atoms with Crippen LogP contribution in [0.25, 0.3) is 16.2 Å². The molecule has 0 aliphatic carbocycles. The lowest BCUT2D eigenvalue weighted by atomic mass is 10.1. The van der Waals surface area contributed by atoms with Crippen LogP contribution in [0.2, 0.25) is 0 Å². The summed E-state index contributed by atoms with van der Waals surface area (Å²) in [5.74, 6) is -0.988. The summed E-state index contributed by atoms with van der Waals surface area (Å²) >= 11 is 1.74. The van der Waals surface area contributed by atoms with E-state index in [2.05, 4.69) is 29.7 Å². The van der Waals surface area contributed by atoms with Crippen LogP contribution in [-0.2, 0) is 4.79 Å². The van der Waals surface area contributed by atoms with Crippen LogP contribution < -0.4 is 0 Å². The Kier molecular flexibility index (Phi) is 4.15. The zero-order valence-electron chi connectivity index (χ0n) is 10.3. The lowest BCUT2D eigenvalue weighted by Gasteiger charge is -2.01. The number of aliphatic carboxylic acids is 1. The van der Waals surface area contributed by atoms with E-state index in [0.717, 1.165) is 6.42 Å². The maximum Gasteiger partial charge on any atom is 0.306 e. The molecule has 0 saturated heterocycles. The predicted octanol–water partition coefficient (Wildman–Crippen LogP) is 4.42. The van der Waals surface area contributed by atoms with Crippen molar-refractivity contribution >= 4 is 33.5 Å². The molecule has 0 aliphatic heterocycles. The van der Waals surface area contributed by atoms with E-state index in [1.807, 2.05) is 12.1 Å². The first-order valence-corrected chi connectivity index (χ1v) is 6.92. The molecule has 18 heavy (non-hydrogen) atoms. The maximum absolute atomic E-state index is 10.7. The Morgan fingerprint density at radius 3 is 3.00 bits per heavy atom. The van der Waals surface area contributed by atoms with Gasteiger partial charge in [0.2, 0.25) is 0 Å².